The zero-order chi connectivity index (χ0) is 6.91. The molecule has 0 aromatic carbocycles. The minimum atomic E-state index is -0.776. The first-order valence-corrected chi connectivity index (χ1v) is 3.16. The Kier molecular flexibility index (Phi) is 3.56. The maximum Gasteiger partial charge on any atom is 0.114 e. The highest BCUT2D eigenvalue weighted by atomic mass is 35.5. The van der Waals surface area contributed by atoms with Crippen molar-refractivity contribution in [2.24, 2.45) is 0 Å². The third kappa shape index (κ3) is 2.08. The predicted octanol–water partition coefficient (Wildman–Crippen LogP) is 0.491. The lowest BCUT2D eigenvalue weighted by Crippen LogP contribution is -2.39. The van der Waals surface area contributed by atoms with Crippen LogP contribution in [0.2, 0.25) is 0 Å². The van der Waals surface area contributed by atoms with Crippen molar-refractivity contribution in [2.45, 2.75) is 25.1 Å². The third-order valence-corrected chi connectivity index (χ3v) is 1.77. The fourth-order valence-electron chi connectivity index (χ4n) is 1.11. The van der Waals surface area contributed by atoms with Gasteiger partial charge in [-0.05, 0) is 13.3 Å². The van der Waals surface area contributed by atoms with Gasteiger partial charge >= 0.3 is 0 Å². The molecule has 1 saturated heterocycles. The van der Waals surface area contributed by atoms with Crippen LogP contribution in [0, 0.1) is 0 Å². The zero-order valence-electron chi connectivity index (χ0n) is 5.93. The molecule has 0 aromatic rings. The van der Waals surface area contributed by atoms with Crippen LogP contribution in [0.3, 0.4) is 0 Å². The van der Waals surface area contributed by atoms with Gasteiger partial charge in [0.05, 0.1) is 6.61 Å². The van der Waals surface area contributed by atoms with Crippen LogP contribution in [-0.2, 0) is 0 Å². The second-order valence-electron chi connectivity index (χ2n) is 2.90. The molecule has 0 aromatic heterocycles. The Morgan fingerprint density at radius 3 is 2.60 bits per heavy atom. The van der Waals surface area contributed by atoms with E-state index < -0.39 is 6.17 Å². The van der Waals surface area contributed by atoms with Gasteiger partial charge in [0.1, 0.15) is 6.17 Å². The van der Waals surface area contributed by atoms with Gasteiger partial charge in [-0.25, -0.2) is 4.39 Å². The van der Waals surface area contributed by atoms with E-state index in [2.05, 4.69) is 5.32 Å². The summed E-state index contributed by atoms with van der Waals surface area (Å²) in [7, 11) is 0. The lowest BCUT2D eigenvalue weighted by atomic mass is 10.0. The van der Waals surface area contributed by atoms with Crippen molar-refractivity contribution in [3.63, 3.8) is 0 Å². The van der Waals surface area contributed by atoms with Crippen LogP contribution in [-0.4, -0.2) is 30.0 Å². The van der Waals surface area contributed by atoms with Crippen molar-refractivity contribution in [2.75, 3.05) is 13.2 Å². The van der Waals surface area contributed by atoms with E-state index in [-0.39, 0.29) is 24.6 Å². The van der Waals surface area contributed by atoms with Crippen molar-refractivity contribution in [3.05, 3.63) is 0 Å². The molecular weight excluding hydrogens is 157 g/mol. The molecule has 1 fully saturated rings. The van der Waals surface area contributed by atoms with Crippen molar-refractivity contribution in [3.8, 4) is 0 Å². The van der Waals surface area contributed by atoms with Crippen LogP contribution in [0.4, 0.5) is 4.39 Å². The van der Waals surface area contributed by atoms with Gasteiger partial charge in [-0.15, -0.1) is 12.4 Å². The molecule has 0 amide bonds. The van der Waals surface area contributed by atoms with Crippen LogP contribution < -0.4 is 5.32 Å². The van der Waals surface area contributed by atoms with E-state index in [0.717, 1.165) is 0 Å². The highest BCUT2D eigenvalue weighted by Gasteiger charge is 2.33. The minimum Gasteiger partial charge on any atom is -0.394 e. The van der Waals surface area contributed by atoms with Gasteiger partial charge < -0.3 is 10.4 Å². The lowest BCUT2D eigenvalue weighted by molar-refractivity contribution is 0.185. The number of hydrogen-bond acceptors (Lipinski definition) is 2. The molecule has 4 heteroatoms. The summed E-state index contributed by atoms with van der Waals surface area (Å²) in [4.78, 5) is 0. The highest BCUT2D eigenvalue weighted by molar-refractivity contribution is 5.85. The normalized spacial score (nSPS) is 39.3. The molecule has 2 N–H and O–H groups in total. The molecule has 0 spiro atoms. The van der Waals surface area contributed by atoms with E-state index in [4.69, 9.17) is 5.11 Å². The molecule has 1 rings (SSSR count). The molecule has 0 aliphatic carbocycles. The van der Waals surface area contributed by atoms with Gasteiger partial charge in [0.2, 0.25) is 0 Å². The topological polar surface area (TPSA) is 32.3 Å². The first-order chi connectivity index (χ1) is 4.16. The fourth-order valence-corrected chi connectivity index (χ4v) is 1.11. The first kappa shape index (κ1) is 10.1. The second-order valence-corrected chi connectivity index (χ2v) is 2.90. The van der Waals surface area contributed by atoms with Crippen LogP contribution >= 0.6 is 12.4 Å². The summed E-state index contributed by atoms with van der Waals surface area (Å²) in [6, 6.07) is 0. The van der Waals surface area contributed by atoms with Crippen molar-refractivity contribution >= 4 is 12.4 Å². The number of rotatable bonds is 1. The van der Waals surface area contributed by atoms with Gasteiger partial charge in [0.15, 0.2) is 0 Å². The van der Waals surface area contributed by atoms with Gasteiger partial charge in [-0.2, -0.15) is 0 Å². The number of aliphatic hydroxyl groups excluding tert-OH is 1. The van der Waals surface area contributed by atoms with E-state index in [1.54, 1.807) is 0 Å². The predicted molar refractivity (Wildman–Crippen MR) is 40.3 cm³/mol. The molecule has 2 atom stereocenters. The average molecular weight is 170 g/mol. The van der Waals surface area contributed by atoms with E-state index in [1.165, 1.54) is 0 Å². The molecule has 0 radical (unpaired) electrons. The Balaban J connectivity index is 0.000000810. The van der Waals surface area contributed by atoms with Crippen LogP contribution in [0.25, 0.3) is 0 Å². The number of nitrogens with one attached hydrogen (secondary N) is 1. The lowest BCUT2D eigenvalue weighted by Gasteiger charge is -2.19. The largest absolute Gasteiger partial charge is 0.394 e. The molecule has 10 heavy (non-hydrogen) atoms. The van der Waals surface area contributed by atoms with Crippen LogP contribution in [0.1, 0.15) is 13.3 Å². The van der Waals surface area contributed by atoms with Gasteiger partial charge in [0.25, 0.3) is 0 Å². The molecule has 1 heterocycles. The Morgan fingerprint density at radius 1 is 1.80 bits per heavy atom. The Hall–Kier alpha value is 0.140. The molecule has 0 saturated carbocycles. The van der Waals surface area contributed by atoms with Crippen LogP contribution in [0.5, 0.6) is 0 Å². The Labute approximate surface area is 66.2 Å². The molecular formula is C6H13ClFNO. The number of alkyl halides is 1. The molecule has 1 aliphatic heterocycles. The standard InChI is InChI=1S/C6H12FNO.ClH/c1-6(4-9)2-5(7)3-8-6;/h5,8-9H,2-4H2,1H3;1H. The smallest absolute Gasteiger partial charge is 0.114 e. The summed E-state index contributed by atoms with van der Waals surface area (Å²) in [6.45, 7) is 2.23. The number of aliphatic hydroxyl groups is 1. The summed E-state index contributed by atoms with van der Waals surface area (Å²) < 4.78 is 12.4. The van der Waals surface area contributed by atoms with Crippen molar-refractivity contribution in [1.82, 2.24) is 5.32 Å². The van der Waals surface area contributed by atoms with Gasteiger partial charge in [-0.3, -0.25) is 0 Å². The summed E-state index contributed by atoms with van der Waals surface area (Å²) in [5.74, 6) is 0. The van der Waals surface area contributed by atoms with E-state index in [0.29, 0.717) is 13.0 Å². The second kappa shape index (κ2) is 3.51. The Bertz CT molecular complexity index is 114. The van der Waals surface area contributed by atoms with Gasteiger partial charge in [0, 0.05) is 12.1 Å². The van der Waals surface area contributed by atoms with Crippen molar-refractivity contribution in [1.29, 1.82) is 0 Å². The molecule has 0 bridgehead atoms. The SMILES string of the molecule is CC1(CO)CC(F)CN1.Cl. The molecule has 62 valence electrons. The van der Waals surface area contributed by atoms with Crippen molar-refractivity contribution < 1.29 is 9.50 Å². The summed E-state index contributed by atoms with van der Waals surface area (Å²) in [5, 5.41) is 11.6. The maximum absolute atomic E-state index is 12.4. The van der Waals surface area contributed by atoms with E-state index in [1.807, 2.05) is 6.92 Å². The number of hydrogen-bond donors (Lipinski definition) is 2. The highest BCUT2D eigenvalue weighted by Crippen LogP contribution is 2.19. The fraction of sp³-hybridized carbons (Fsp3) is 1.00. The minimum absolute atomic E-state index is 0. The molecule has 1 aliphatic rings. The zero-order valence-corrected chi connectivity index (χ0v) is 6.75. The average Bonchev–Trinajstić information content (AvgIpc) is 2.13. The quantitative estimate of drug-likeness (QED) is 0.599. The summed E-state index contributed by atoms with van der Waals surface area (Å²) >= 11 is 0. The summed E-state index contributed by atoms with van der Waals surface area (Å²) in [5.41, 5.74) is -0.362. The van der Waals surface area contributed by atoms with Crippen LogP contribution in [0.15, 0.2) is 0 Å². The monoisotopic (exact) mass is 169 g/mol. The summed E-state index contributed by atoms with van der Waals surface area (Å²) in [6.07, 6.45) is -0.342. The van der Waals surface area contributed by atoms with E-state index >= 15 is 0 Å². The molecule has 2 unspecified atom stereocenters. The first-order valence-electron chi connectivity index (χ1n) is 3.16. The van der Waals surface area contributed by atoms with Gasteiger partial charge in [-0.1, -0.05) is 0 Å². The number of halogens is 2. The third-order valence-electron chi connectivity index (χ3n) is 1.77. The molecule has 2 nitrogen and oxygen atoms in total. The maximum atomic E-state index is 12.4. The Morgan fingerprint density at radius 2 is 2.40 bits per heavy atom. The van der Waals surface area contributed by atoms with E-state index in [9.17, 15) is 4.39 Å².